The number of hydrogen-bond donors (Lipinski definition) is 2. The van der Waals surface area contributed by atoms with E-state index in [1.165, 1.54) is 4.52 Å². The van der Waals surface area contributed by atoms with Gasteiger partial charge in [-0.3, -0.25) is 14.4 Å². The van der Waals surface area contributed by atoms with E-state index in [0.717, 1.165) is 29.2 Å². The Kier molecular flexibility index (Phi) is 7.99. The molecule has 2 amide bonds. The lowest BCUT2D eigenvalue weighted by molar-refractivity contribution is -0.137. The molecule has 8 rings (SSSR count). The molecule has 0 saturated carbocycles. The normalized spacial score (nSPS) is 18.7. The second kappa shape index (κ2) is 12.3. The monoisotopic (exact) mass is 722 g/mol. The fraction of sp³-hybridized carbons (Fsp3) is 0.353. The molecule has 3 aliphatic rings. The fourth-order valence-corrected chi connectivity index (χ4v) is 7.49. The summed E-state index contributed by atoms with van der Waals surface area (Å²) in [6, 6.07) is 6.33. The summed E-state index contributed by atoms with van der Waals surface area (Å²) in [5, 5.41) is 7.75. The van der Waals surface area contributed by atoms with E-state index in [-0.39, 0.29) is 54.9 Å². The van der Waals surface area contributed by atoms with Crippen molar-refractivity contribution in [2.24, 2.45) is 0 Å². The Morgan fingerprint density at radius 3 is 2.71 bits per heavy atom. The molecule has 2 N–H and O–H groups in total. The lowest BCUT2D eigenvalue weighted by atomic mass is 9.85. The predicted octanol–water partition coefficient (Wildman–Crippen LogP) is 5.10. The van der Waals surface area contributed by atoms with Gasteiger partial charge >= 0.3 is 6.18 Å². The summed E-state index contributed by atoms with van der Waals surface area (Å²) in [6.07, 6.45) is 0.992. The van der Waals surface area contributed by atoms with Crippen LogP contribution in [0.1, 0.15) is 65.4 Å². The molecule has 0 aliphatic carbocycles. The highest BCUT2D eigenvalue weighted by Gasteiger charge is 2.50. The minimum absolute atomic E-state index is 0.0137. The Labute approximate surface area is 292 Å². The molecule has 264 valence electrons. The van der Waals surface area contributed by atoms with Gasteiger partial charge in [-0.1, -0.05) is 17.7 Å². The summed E-state index contributed by atoms with van der Waals surface area (Å²) in [5.74, 6) is -0.465. The van der Waals surface area contributed by atoms with Crippen molar-refractivity contribution in [3.05, 3.63) is 92.5 Å². The second-order valence-corrected chi connectivity index (χ2v) is 13.1. The minimum atomic E-state index is -4.61. The zero-order valence-corrected chi connectivity index (χ0v) is 27.8. The number of nitrogens with zero attached hydrogens (tertiary/aromatic N) is 6. The molecule has 1 saturated heterocycles. The number of nitrogens with one attached hydrogen (secondary N) is 2. The van der Waals surface area contributed by atoms with E-state index >= 15 is 0 Å². The molecule has 13 nitrogen and oxygen atoms in total. The number of amides is 2. The van der Waals surface area contributed by atoms with E-state index in [0.29, 0.717) is 47.9 Å². The van der Waals surface area contributed by atoms with Crippen LogP contribution in [-0.2, 0) is 32.6 Å². The third kappa shape index (κ3) is 5.67. The molecule has 17 heteroatoms. The van der Waals surface area contributed by atoms with Crippen LogP contribution in [0.3, 0.4) is 0 Å². The van der Waals surface area contributed by atoms with Crippen LogP contribution in [-0.4, -0.2) is 72.2 Å². The van der Waals surface area contributed by atoms with Gasteiger partial charge in [0.15, 0.2) is 11.5 Å². The number of benzene rings is 1. The van der Waals surface area contributed by atoms with Crippen LogP contribution in [0, 0.1) is 0 Å². The summed E-state index contributed by atoms with van der Waals surface area (Å²) in [6.45, 7) is 2.74. The topological polar surface area (TPSA) is 149 Å². The molecular formula is C34H30ClF3N8O5. The van der Waals surface area contributed by atoms with Crippen LogP contribution < -0.4 is 10.9 Å². The van der Waals surface area contributed by atoms with Gasteiger partial charge < -0.3 is 29.2 Å². The number of alkyl halides is 3. The van der Waals surface area contributed by atoms with E-state index in [1.807, 2.05) is 18.2 Å². The fourth-order valence-electron chi connectivity index (χ4n) is 7.26. The lowest BCUT2D eigenvalue weighted by Crippen LogP contribution is -2.47. The molecule has 1 atom stereocenters. The van der Waals surface area contributed by atoms with E-state index in [1.54, 1.807) is 28.8 Å². The van der Waals surface area contributed by atoms with Crippen molar-refractivity contribution < 1.29 is 32.2 Å². The van der Waals surface area contributed by atoms with Crippen molar-refractivity contribution in [3.63, 3.8) is 0 Å². The zero-order chi connectivity index (χ0) is 35.7. The van der Waals surface area contributed by atoms with Gasteiger partial charge in [0.25, 0.3) is 11.5 Å². The Balaban J connectivity index is 1.16. The van der Waals surface area contributed by atoms with Gasteiger partial charge in [-0.25, -0.2) is 4.98 Å². The molecule has 4 aromatic heterocycles. The maximum Gasteiger partial charge on any atom is 0.416 e. The summed E-state index contributed by atoms with van der Waals surface area (Å²) in [4.78, 5) is 55.4. The van der Waals surface area contributed by atoms with Gasteiger partial charge in [-0.15, -0.1) is 5.10 Å². The first-order valence-corrected chi connectivity index (χ1v) is 16.7. The SMILES string of the molecule is C[C@H]1OC2(CCN(C(=O)c3nccc4cc[nH]c34)CC2)c2c1n(CC(=O)Nc1ccc(C(F)(F)F)cc1Cl)c1nc(C3=CCOCC3)nn1c2=O. The third-order valence-corrected chi connectivity index (χ3v) is 10.00. The number of rotatable bonds is 5. The highest BCUT2D eigenvalue weighted by atomic mass is 35.5. The molecule has 1 fully saturated rings. The molecule has 51 heavy (non-hydrogen) atoms. The molecule has 0 radical (unpaired) electrons. The number of fused-ring (bicyclic) bond motifs is 4. The van der Waals surface area contributed by atoms with Gasteiger partial charge in [0.05, 0.1) is 52.4 Å². The van der Waals surface area contributed by atoms with Crippen LogP contribution in [0.25, 0.3) is 22.3 Å². The first-order valence-electron chi connectivity index (χ1n) is 16.3. The molecule has 1 spiro atoms. The summed E-state index contributed by atoms with van der Waals surface area (Å²) < 4.78 is 54.4. The number of hydrogen-bond acceptors (Lipinski definition) is 8. The first kappa shape index (κ1) is 33.1. The average Bonchev–Trinajstić information content (AvgIpc) is 3.84. The predicted molar refractivity (Wildman–Crippen MR) is 178 cm³/mol. The van der Waals surface area contributed by atoms with Crippen LogP contribution >= 0.6 is 11.6 Å². The highest BCUT2D eigenvalue weighted by molar-refractivity contribution is 6.33. The van der Waals surface area contributed by atoms with Crippen molar-refractivity contribution in [3.8, 4) is 0 Å². The maximum atomic E-state index is 14.4. The Morgan fingerprint density at radius 2 is 1.98 bits per heavy atom. The number of aromatic amines is 1. The van der Waals surface area contributed by atoms with Crippen molar-refractivity contribution in [2.75, 3.05) is 31.6 Å². The Morgan fingerprint density at radius 1 is 1.18 bits per heavy atom. The summed E-state index contributed by atoms with van der Waals surface area (Å²) in [5.41, 5.74) is -0.0375. The van der Waals surface area contributed by atoms with E-state index < -0.39 is 34.9 Å². The summed E-state index contributed by atoms with van der Waals surface area (Å²) >= 11 is 6.14. The Hall–Kier alpha value is -5.06. The number of halogens is 4. The largest absolute Gasteiger partial charge is 0.416 e. The van der Waals surface area contributed by atoms with Gasteiger partial charge in [0, 0.05) is 30.9 Å². The summed E-state index contributed by atoms with van der Waals surface area (Å²) in [7, 11) is 0. The number of pyridine rings is 1. The molecule has 3 aliphatic heterocycles. The van der Waals surface area contributed by atoms with Crippen molar-refractivity contribution in [2.45, 2.75) is 50.6 Å². The molecular weight excluding hydrogens is 693 g/mol. The van der Waals surface area contributed by atoms with E-state index in [2.05, 4.69) is 25.4 Å². The van der Waals surface area contributed by atoms with Crippen molar-refractivity contribution >= 4 is 51.4 Å². The minimum Gasteiger partial charge on any atom is -0.377 e. The molecule has 0 bridgehead atoms. The van der Waals surface area contributed by atoms with Crippen LogP contribution in [0.2, 0.25) is 5.02 Å². The average molecular weight is 723 g/mol. The number of carbonyl (C=O) groups excluding carboxylic acids is 2. The van der Waals surface area contributed by atoms with Gasteiger partial charge in [-0.2, -0.15) is 22.7 Å². The van der Waals surface area contributed by atoms with Crippen LogP contribution in [0.15, 0.2) is 53.6 Å². The van der Waals surface area contributed by atoms with Gasteiger partial charge in [-0.05, 0) is 62.1 Å². The van der Waals surface area contributed by atoms with Crippen molar-refractivity contribution in [1.82, 2.24) is 34.0 Å². The number of aromatic nitrogens is 6. The van der Waals surface area contributed by atoms with Crippen LogP contribution in [0.5, 0.6) is 0 Å². The highest BCUT2D eigenvalue weighted by Crippen LogP contribution is 2.48. The van der Waals surface area contributed by atoms with Gasteiger partial charge in [0.2, 0.25) is 11.7 Å². The number of likely N-dealkylation sites (tertiary alicyclic amines) is 1. The van der Waals surface area contributed by atoms with E-state index in [4.69, 9.17) is 21.1 Å². The lowest BCUT2D eigenvalue weighted by Gasteiger charge is -2.39. The molecule has 5 aromatic rings. The third-order valence-electron chi connectivity index (χ3n) is 9.69. The van der Waals surface area contributed by atoms with E-state index in [9.17, 15) is 27.6 Å². The number of anilines is 1. The standard InChI is InChI=1S/C34H30ClF3N8O5/c1-18-28-25(33(51-18)8-12-44(13-9-33)31(49)27-26-19(4-10-39-26)5-11-40-27)30(48)46-32(42-29(43-46)20-6-14-50-15-7-20)45(28)17-24(47)41-23-3-2-21(16-22(23)35)34(36,37)38/h2-6,10-11,16,18,39H,7-9,12-15,17H2,1H3,(H,41,47)/t18-/m1/s1. The number of piperidine rings is 1. The number of H-pyrrole nitrogens is 1. The smallest absolute Gasteiger partial charge is 0.377 e. The molecule has 1 aromatic carbocycles. The van der Waals surface area contributed by atoms with Crippen LogP contribution in [0.4, 0.5) is 18.9 Å². The van der Waals surface area contributed by atoms with Crippen molar-refractivity contribution in [1.29, 1.82) is 0 Å². The quantitative estimate of drug-likeness (QED) is 0.255. The first-order chi connectivity index (χ1) is 24.4. The number of carbonyl (C=O) groups is 2. The zero-order valence-electron chi connectivity index (χ0n) is 27.1. The maximum absolute atomic E-state index is 14.4. The van der Waals surface area contributed by atoms with Gasteiger partial charge in [0.1, 0.15) is 12.1 Å². The second-order valence-electron chi connectivity index (χ2n) is 12.7. The Bertz CT molecular complexity index is 2320. The molecule has 7 heterocycles. The number of ether oxygens (including phenoxy) is 2. The molecule has 0 unspecified atom stereocenters.